The van der Waals surface area contributed by atoms with Crippen molar-refractivity contribution in [2.24, 2.45) is 0 Å². The van der Waals surface area contributed by atoms with Gasteiger partial charge in [0, 0.05) is 25.4 Å². The van der Waals surface area contributed by atoms with Crippen molar-refractivity contribution in [2.75, 3.05) is 18.6 Å². The fourth-order valence-corrected chi connectivity index (χ4v) is 3.70. The van der Waals surface area contributed by atoms with Crippen molar-refractivity contribution in [3.63, 3.8) is 0 Å². The molecule has 0 aliphatic carbocycles. The number of aromatic nitrogens is 2. The molecule has 0 saturated carbocycles. The van der Waals surface area contributed by atoms with Gasteiger partial charge in [0.25, 0.3) is 0 Å². The van der Waals surface area contributed by atoms with Gasteiger partial charge in [-0.05, 0) is 31.2 Å². The Bertz CT molecular complexity index is 932. The average molecular weight is 335 g/mol. The largest absolute Gasteiger partial charge is 0.495 e. The zero-order valence-corrected chi connectivity index (χ0v) is 14.5. The number of rotatable bonds is 4. The lowest BCUT2D eigenvalue weighted by atomic mass is 10.1. The van der Waals surface area contributed by atoms with Gasteiger partial charge in [-0.3, -0.25) is 4.79 Å². The fraction of sp³-hybridized carbons (Fsp3) is 0.300. The highest BCUT2D eigenvalue weighted by molar-refractivity contribution is 5.97. The maximum atomic E-state index is 12.7. The third-order valence-corrected chi connectivity index (χ3v) is 4.87. The van der Waals surface area contributed by atoms with Crippen LogP contribution in [0.4, 0.5) is 5.69 Å². The van der Waals surface area contributed by atoms with Gasteiger partial charge in [-0.25, -0.2) is 4.98 Å². The van der Waals surface area contributed by atoms with Crippen LogP contribution in [0.2, 0.25) is 0 Å². The van der Waals surface area contributed by atoms with Crippen LogP contribution in [0.15, 0.2) is 48.5 Å². The quantitative estimate of drug-likeness (QED) is 0.732. The average Bonchev–Trinajstić information content (AvgIpc) is 3.21. The van der Waals surface area contributed by atoms with E-state index in [0.29, 0.717) is 13.0 Å². The van der Waals surface area contributed by atoms with Crippen LogP contribution >= 0.6 is 0 Å². The van der Waals surface area contributed by atoms with E-state index in [0.717, 1.165) is 34.8 Å². The number of ether oxygens (including phenoxy) is 1. The molecule has 2 aromatic carbocycles. The highest BCUT2D eigenvalue weighted by Crippen LogP contribution is 2.36. The summed E-state index contributed by atoms with van der Waals surface area (Å²) in [5, 5.41) is 0. The molecule has 1 fully saturated rings. The third-order valence-electron chi connectivity index (χ3n) is 4.87. The molecule has 0 bridgehead atoms. The van der Waals surface area contributed by atoms with E-state index in [1.54, 1.807) is 7.11 Å². The van der Waals surface area contributed by atoms with E-state index in [1.165, 1.54) is 0 Å². The number of hydrogen-bond acceptors (Lipinski definition) is 3. The lowest BCUT2D eigenvalue weighted by Gasteiger charge is -2.19. The Kier molecular flexibility index (Phi) is 3.92. The summed E-state index contributed by atoms with van der Waals surface area (Å²) in [6.07, 6.45) is 0.474. The number of aryl methyl sites for hydroxylation is 1. The number of hydrogen-bond donors (Lipinski definition) is 0. The van der Waals surface area contributed by atoms with Crippen molar-refractivity contribution in [3.05, 3.63) is 54.4 Å². The molecule has 0 radical (unpaired) electrons. The van der Waals surface area contributed by atoms with Gasteiger partial charge >= 0.3 is 0 Å². The molecule has 1 aromatic heterocycles. The van der Waals surface area contributed by atoms with Crippen LogP contribution in [0.3, 0.4) is 0 Å². The van der Waals surface area contributed by atoms with Crippen LogP contribution < -0.4 is 9.64 Å². The molecule has 1 aliphatic heterocycles. The lowest BCUT2D eigenvalue weighted by molar-refractivity contribution is -0.117. The van der Waals surface area contributed by atoms with E-state index in [1.807, 2.05) is 47.4 Å². The normalized spacial score (nSPS) is 17.4. The molecule has 1 unspecified atom stereocenters. The molecule has 128 valence electrons. The van der Waals surface area contributed by atoms with Crippen LogP contribution in [0.5, 0.6) is 5.75 Å². The van der Waals surface area contributed by atoms with Gasteiger partial charge < -0.3 is 14.2 Å². The van der Waals surface area contributed by atoms with Crippen LogP contribution in [-0.2, 0) is 11.3 Å². The molecule has 1 amide bonds. The Balaban J connectivity index is 1.71. The van der Waals surface area contributed by atoms with E-state index in [2.05, 4.69) is 17.6 Å². The number of fused-ring (bicyclic) bond motifs is 1. The molecule has 4 rings (SSSR count). The van der Waals surface area contributed by atoms with Crippen molar-refractivity contribution in [2.45, 2.75) is 25.8 Å². The van der Waals surface area contributed by atoms with Crippen molar-refractivity contribution in [3.8, 4) is 5.75 Å². The Morgan fingerprint density at radius 2 is 1.92 bits per heavy atom. The molecule has 0 spiro atoms. The molecule has 1 atom stereocenters. The predicted octanol–water partition coefficient (Wildman–Crippen LogP) is 3.59. The summed E-state index contributed by atoms with van der Waals surface area (Å²) in [6, 6.07) is 15.8. The standard InChI is InChI=1S/C20H21N3O2/c1-3-22-16-9-5-4-8-15(16)21-20(22)14-12-19(24)23(13-14)17-10-6-7-11-18(17)25-2/h4-11,14H,3,12-13H2,1-2H3. The number of benzene rings is 2. The summed E-state index contributed by atoms with van der Waals surface area (Å²) in [7, 11) is 1.63. The molecule has 1 aliphatic rings. The Morgan fingerprint density at radius 1 is 1.16 bits per heavy atom. The van der Waals surface area contributed by atoms with Crippen LogP contribution in [0.1, 0.15) is 25.1 Å². The lowest BCUT2D eigenvalue weighted by Crippen LogP contribution is -2.25. The number of nitrogens with zero attached hydrogens (tertiary/aromatic N) is 3. The Morgan fingerprint density at radius 3 is 2.72 bits per heavy atom. The number of anilines is 1. The summed E-state index contributed by atoms with van der Waals surface area (Å²) in [4.78, 5) is 19.3. The number of carbonyl (C=O) groups excluding carboxylic acids is 1. The van der Waals surface area contributed by atoms with Crippen LogP contribution in [-0.4, -0.2) is 29.1 Å². The van der Waals surface area contributed by atoms with E-state index in [9.17, 15) is 4.79 Å². The molecule has 5 nitrogen and oxygen atoms in total. The molecular formula is C20H21N3O2. The van der Waals surface area contributed by atoms with E-state index in [-0.39, 0.29) is 11.8 Å². The highest BCUT2D eigenvalue weighted by Gasteiger charge is 2.35. The fourth-order valence-electron chi connectivity index (χ4n) is 3.70. The number of para-hydroxylation sites is 4. The first-order valence-corrected chi connectivity index (χ1v) is 8.61. The van der Waals surface area contributed by atoms with E-state index >= 15 is 0 Å². The molecule has 25 heavy (non-hydrogen) atoms. The minimum absolute atomic E-state index is 0.0877. The highest BCUT2D eigenvalue weighted by atomic mass is 16.5. The maximum absolute atomic E-state index is 12.7. The number of imidazole rings is 1. The van der Waals surface area contributed by atoms with Gasteiger partial charge in [0.05, 0.1) is 23.8 Å². The minimum atomic E-state index is 0.0877. The maximum Gasteiger partial charge on any atom is 0.227 e. The zero-order chi connectivity index (χ0) is 17.4. The van der Waals surface area contributed by atoms with Gasteiger partial charge in [-0.1, -0.05) is 24.3 Å². The van der Waals surface area contributed by atoms with Crippen LogP contribution in [0, 0.1) is 0 Å². The molecular weight excluding hydrogens is 314 g/mol. The Hall–Kier alpha value is -2.82. The second-order valence-corrected chi connectivity index (χ2v) is 6.28. The van der Waals surface area contributed by atoms with Gasteiger partial charge in [0.15, 0.2) is 0 Å². The summed E-state index contributed by atoms with van der Waals surface area (Å²) in [6.45, 7) is 3.59. The van der Waals surface area contributed by atoms with E-state index < -0.39 is 0 Å². The van der Waals surface area contributed by atoms with Gasteiger partial charge in [0.2, 0.25) is 5.91 Å². The number of carbonyl (C=O) groups is 1. The molecule has 0 N–H and O–H groups in total. The molecule has 5 heteroatoms. The monoisotopic (exact) mass is 335 g/mol. The SMILES string of the molecule is CCn1c(C2CC(=O)N(c3ccccc3OC)C2)nc2ccccc21. The summed E-state index contributed by atoms with van der Waals surface area (Å²) < 4.78 is 7.65. The zero-order valence-electron chi connectivity index (χ0n) is 14.5. The van der Waals surface area contributed by atoms with Crippen LogP contribution in [0.25, 0.3) is 11.0 Å². The van der Waals surface area contributed by atoms with Crippen molar-refractivity contribution < 1.29 is 9.53 Å². The molecule has 3 aromatic rings. The van der Waals surface area contributed by atoms with E-state index in [4.69, 9.17) is 9.72 Å². The number of methoxy groups -OCH3 is 1. The predicted molar refractivity (Wildman–Crippen MR) is 98.1 cm³/mol. The van der Waals surface area contributed by atoms with Crippen molar-refractivity contribution in [1.29, 1.82) is 0 Å². The molecule has 2 heterocycles. The first-order chi connectivity index (χ1) is 12.2. The first kappa shape index (κ1) is 15.7. The number of amides is 1. The second kappa shape index (κ2) is 6.24. The topological polar surface area (TPSA) is 47.4 Å². The second-order valence-electron chi connectivity index (χ2n) is 6.28. The van der Waals surface area contributed by atoms with Crippen molar-refractivity contribution >= 4 is 22.6 Å². The van der Waals surface area contributed by atoms with Gasteiger partial charge in [-0.2, -0.15) is 0 Å². The van der Waals surface area contributed by atoms with Gasteiger partial charge in [0.1, 0.15) is 11.6 Å². The summed E-state index contributed by atoms with van der Waals surface area (Å²) >= 11 is 0. The summed E-state index contributed by atoms with van der Waals surface area (Å²) in [5.74, 6) is 1.92. The third kappa shape index (κ3) is 2.56. The first-order valence-electron chi connectivity index (χ1n) is 8.61. The minimum Gasteiger partial charge on any atom is -0.495 e. The smallest absolute Gasteiger partial charge is 0.227 e. The van der Waals surface area contributed by atoms with Gasteiger partial charge in [-0.15, -0.1) is 0 Å². The molecule has 1 saturated heterocycles. The Labute approximate surface area is 146 Å². The van der Waals surface area contributed by atoms with Crippen molar-refractivity contribution in [1.82, 2.24) is 9.55 Å². The summed E-state index contributed by atoms with van der Waals surface area (Å²) in [5.41, 5.74) is 2.95.